The largest absolute Gasteiger partial charge is 0.345 e. The highest BCUT2D eigenvalue weighted by atomic mass is 16.2. The Morgan fingerprint density at radius 2 is 1.88 bits per heavy atom. The van der Waals surface area contributed by atoms with Crippen LogP contribution in [0.5, 0.6) is 0 Å². The van der Waals surface area contributed by atoms with E-state index >= 15 is 0 Å². The maximum absolute atomic E-state index is 11.7. The van der Waals surface area contributed by atoms with Crippen LogP contribution in [-0.2, 0) is 13.6 Å². The molecule has 2 aromatic rings. The Labute approximate surface area is 94.1 Å². The highest BCUT2D eigenvalue weighted by Crippen LogP contribution is 2.13. The van der Waals surface area contributed by atoms with Crippen molar-refractivity contribution in [1.82, 2.24) is 14.3 Å². The highest BCUT2D eigenvalue weighted by Gasteiger charge is 2.06. The third-order valence-corrected chi connectivity index (χ3v) is 2.84. The molecule has 2 rings (SSSR count). The summed E-state index contributed by atoms with van der Waals surface area (Å²) < 4.78 is 2.96. The molecule has 0 aliphatic rings. The molecule has 0 fully saturated rings. The molecule has 0 amide bonds. The number of nitrogens with zero attached hydrogens (tertiary/aromatic N) is 3. The lowest BCUT2D eigenvalue weighted by atomic mass is 10.0. The third-order valence-electron chi connectivity index (χ3n) is 2.84. The molecule has 1 heterocycles. The van der Waals surface area contributed by atoms with E-state index in [1.165, 1.54) is 32.3 Å². The fourth-order valence-corrected chi connectivity index (χ4v) is 1.78. The summed E-state index contributed by atoms with van der Waals surface area (Å²) in [6.07, 6.45) is 1.54. The molecule has 4 nitrogen and oxygen atoms in total. The fourth-order valence-electron chi connectivity index (χ4n) is 1.78. The van der Waals surface area contributed by atoms with Crippen molar-refractivity contribution in [2.45, 2.75) is 20.4 Å². The molecule has 0 spiro atoms. The van der Waals surface area contributed by atoms with Crippen LogP contribution in [0.4, 0.5) is 0 Å². The van der Waals surface area contributed by atoms with Gasteiger partial charge in [0.2, 0.25) is 0 Å². The van der Waals surface area contributed by atoms with Gasteiger partial charge < -0.3 is 0 Å². The van der Waals surface area contributed by atoms with Gasteiger partial charge >= 0.3 is 5.69 Å². The van der Waals surface area contributed by atoms with Crippen molar-refractivity contribution in [3.05, 3.63) is 51.7 Å². The first kappa shape index (κ1) is 10.7. The monoisotopic (exact) mass is 217 g/mol. The van der Waals surface area contributed by atoms with Crippen LogP contribution in [0.1, 0.15) is 16.7 Å². The minimum Gasteiger partial charge on any atom is -0.285 e. The van der Waals surface area contributed by atoms with E-state index in [2.05, 4.69) is 31.1 Å². The SMILES string of the molecule is Cc1cccc(C)c1Cn1ncn(C)c1=O. The molecular formula is C12H15N3O. The lowest BCUT2D eigenvalue weighted by molar-refractivity contribution is 0.642. The van der Waals surface area contributed by atoms with E-state index in [1.807, 2.05) is 6.07 Å². The second-order valence-electron chi connectivity index (χ2n) is 4.05. The first-order chi connectivity index (χ1) is 7.59. The van der Waals surface area contributed by atoms with Gasteiger partial charge in [0, 0.05) is 7.05 Å². The predicted octanol–water partition coefficient (Wildman–Crippen LogP) is 1.25. The van der Waals surface area contributed by atoms with Crippen LogP contribution >= 0.6 is 0 Å². The molecule has 0 N–H and O–H groups in total. The smallest absolute Gasteiger partial charge is 0.285 e. The highest BCUT2D eigenvalue weighted by molar-refractivity contribution is 5.33. The van der Waals surface area contributed by atoms with Crippen molar-refractivity contribution >= 4 is 0 Å². The van der Waals surface area contributed by atoms with Crippen molar-refractivity contribution in [2.24, 2.45) is 7.05 Å². The van der Waals surface area contributed by atoms with Crippen LogP contribution in [0.15, 0.2) is 29.3 Å². The fraction of sp³-hybridized carbons (Fsp3) is 0.333. The summed E-state index contributed by atoms with van der Waals surface area (Å²) >= 11 is 0. The van der Waals surface area contributed by atoms with E-state index in [9.17, 15) is 4.79 Å². The molecule has 0 bridgehead atoms. The maximum Gasteiger partial charge on any atom is 0.345 e. The number of benzene rings is 1. The van der Waals surface area contributed by atoms with Crippen LogP contribution in [0, 0.1) is 13.8 Å². The van der Waals surface area contributed by atoms with Gasteiger partial charge in [-0.05, 0) is 30.5 Å². The van der Waals surface area contributed by atoms with Crippen molar-refractivity contribution in [3.8, 4) is 0 Å². The molecule has 84 valence electrons. The lowest BCUT2D eigenvalue weighted by Gasteiger charge is -2.08. The number of hydrogen-bond acceptors (Lipinski definition) is 2. The normalized spacial score (nSPS) is 10.7. The average molecular weight is 217 g/mol. The van der Waals surface area contributed by atoms with Crippen LogP contribution < -0.4 is 5.69 Å². The zero-order valence-electron chi connectivity index (χ0n) is 9.77. The number of aryl methyl sites for hydroxylation is 3. The van der Waals surface area contributed by atoms with Gasteiger partial charge in [-0.1, -0.05) is 18.2 Å². The van der Waals surface area contributed by atoms with Crippen molar-refractivity contribution in [1.29, 1.82) is 0 Å². The molecule has 0 aliphatic heterocycles. The molecule has 4 heteroatoms. The maximum atomic E-state index is 11.7. The van der Waals surface area contributed by atoms with E-state index in [4.69, 9.17) is 0 Å². The zero-order valence-corrected chi connectivity index (χ0v) is 9.77. The first-order valence-corrected chi connectivity index (χ1v) is 5.23. The Morgan fingerprint density at radius 3 is 2.38 bits per heavy atom. The van der Waals surface area contributed by atoms with E-state index in [0.29, 0.717) is 6.54 Å². The Morgan fingerprint density at radius 1 is 1.25 bits per heavy atom. The van der Waals surface area contributed by atoms with Gasteiger partial charge in [0.05, 0.1) is 6.54 Å². The van der Waals surface area contributed by atoms with E-state index in [0.717, 1.165) is 0 Å². The second kappa shape index (κ2) is 3.96. The van der Waals surface area contributed by atoms with Gasteiger partial charge in [-0.15, -0.1) is 0 Å². The average Bonchev–Trinajstić information content (AvgIpc) is 2.55. The van der Waals surface area contributed by atoms with Crippen molar-refractivity contribution < 1.29 is 0 Å². The van der Waals surface area contributed by atoms with E-state index in [-0.39, 0.29) is 5.69 Å². The molecule has 16 heavy (non-hydrogen) atoms. The van der Waals surface area contributed by atoms with Crippen molar-refractivity contribution in [2.75, 3.05) is 0 Å². The topological polar surface area (TPSA) is 39.8 Å². The lowest BCUT2D eigenvalue weighted by Crippen LogP contribution is -2.24. The minimum absolute atomic E-state index is 0.0809. The van der Waals surface area contributed by atoms with Gasteiger partial charge in [0.15, 0.2) is 0 Å². The zero-order chi connectivity index (χ0) is 11.7. The molecule has 0 aliphatic carbocycles. The van der Waals surface area contributed by atoms with Crippen LogP contribution in [0.2, 0.25) is 0 Å². The van der Waals surface area contributed by atoms with E-state index < -0.39 is 0 Å². The van der Waals surface area contributed by atoms with Gasteiger partial charge in [0.1, 0.15) is 6.33 Å². The summed E-state index contributed by atoms with van der Waals surface area (Å²) in [5.41, 5.74) is 3.47. The van der Waals surface area contributed by atoms with Crippen LogP contribution in [-0.4, -0.2) is 14.3 Å². The Bertz CT molecular complexity index is 546. The van der Waals surface area contributed by atoms with Gasteiger partial charge in [-0.2, -0.15) is 5.10 Å². The predicted molar refractivity (Wildman–Crippen MR) is 62.5 cm³/mol. The number of hydrogen-bond donors (Lipinski definition) is 0. The minimum atomic E-state index is -0.0809. The quantitative estimate of drug-likeness (QED) is 0.759. The standard InChI is InChI=1S/C12H15N3O/c1-9-5-4-6-10(2)11(9)7-15-12(16)14(3)8-13-15/h4-6,8H,7H2,1-3H3. The van der Waals surface area contributed by atoms with Gasteiger partial charge in [-0.3, -0.25) is 4.57 Å². The summed E-state index contributed by atoms with van der Waals surface area (Å²) in [7, 11) is 1.70. The van der Waals surface area contributed by atoms with Crippen molar-refractivity contribution in [3.63, 3.8) is 0 Å². The second-order valence-corrected chi connectivity index (χ2v) is 4.05. The molecule has 1 aromatic carbocycles. The summed E-state index contributed by atoms with van der Waals surface area (Å²) in [5.74, 6) is 0. The molecule has 0 atom stereocenters. The Hall–Kier alpha value is -1.84. The number of rotatable bonds is 2. The van der Waals surface area contributed by atoms with Crippen LogP contribution in [0.3, 0.4) is 0 Å². The van der Waals surface area contributed by atoms with Crippen LogP contribution in [0.25, 0.3) is 0 Å². The first-order valence-electron chi connectivity index (χ1n) is 5.23. The summed E-state index contributed by atoms with van der Waals surface area (Å²) in [6, 6.07) is 6.13. The molecule has 0 saturated carbocycles. The molecular weight excluding hydrogens is 202 g/mol. The summed E-state index contributed by atoms with van der Waals surface area (Å²) in [4.78, 5) is 11.7. The summed E-state index contributed by atoms with van der Waals surface area (Å²) in [5, 5.41) is 4.06. The number of aromatic nitrogens is 3. The third kappa shape index (κ3) is 1.78. The molecule has 0 unspecified atom stereocenters. The molecule has 0 radical (unpaired) electrons. The molecule has 1 aromatic heterocycles. The van der Waals surface area contributed by atoms with Gasteiger partial charge in [0.25, 0.3) is 0 Å². The Balaban J connectivity index is 2.42. The summed E-state index contributed by atoms with van der Waals surface area (Å²) in [6.45, 7) is 4.64. The van der Waals surface area contributed by atoms with E-state index in [1.54, 1.807) is 7.05 Å². The van der Waals surface area contributed by atoms with Gasteiger partial charge in [-0.25, -0.2) is 9.48 Å². The molecule has 0 saturated heterocycles. The Kier molecular flexibility index (Phi) is 2.64.